The molecule has 0 saturated carbocycles. The van der Waals surface area contributed by atoms with Crippen molar-refractivity contribution >= 4 is 28.6 Å². The number of hydrogen-bond donors (Lipinski definition) is 1. The molecule has 0 aliphatic carbocycles. The average Bonchev–Trinajstić information content (AvgIpc) is 3.19. The van der Waals surface area contributed by atoms with Crippen molar-refractivity contribution in [1.82, 2.24) is 19.9 Å². The van der Waals surface area contributed by atoms with Gasteiger partial charge in [0.1, 0.15) is 0 Å². The maximum atomic E-state index is 6.13. The van der Waals surface area contributed by atoms with Crippen molar-refractivity contribution in [3.8, 4) is 0 Å². The summed E-state index contributed by atoms with van der Waals surface area (Å²) in [5, 5.41) is 0.271. The summed E-state index contributed by atoms with van der Waals surface area (Å²) in [6, 6.07) is 9.11. The summed E-state index contributed by atoms with van der Waals surface area (Å²) in [7, 11) is 0. The molecule has 0 spiro atoms. The van der Waals surface area contributed by atoms with E-state index in [0.717, 1.165) is 43.7 Å². The normalized spacial score (nSPS) is 17.6. The minimum Gasteiger partial charge on any atom is -0.354 e. The largest absolute Gasteiger partial charge is 0.354 e. The smallest absolute Gasteiger partial charge is 0.226 e. The Morgan fingerprint density at radius 2 is 2.00 bits per heavy atom. The van der Waals surface area contributed by atoms with E-state index in [1.807, 2.05) is 0 Å². The lowest BCUT2D eigenvalue weighted by molar-refractivity contribution is 0.405. The third-order valence-corrected chi connectivity index (χ3v) is 6.18. The van der Waals surface area contributed by atoms with Gasteiger partial charge in [-0.15, -0.1) is 0 Å². The van der Waals surface area contributed by atoms with Crippen LogP contribution in [-0.2, 0) is 11.8 Å². The van der Waals surface area contributed by atoms with Gasteiger partial charge >= 0.3 is 0 Å². The lowest BCUT2D eigenvalue weighted by Gasteiger charge is -2.33. The van der Waals surface area contributed by atoms with E-state index >= 15 is 0 Å². The van der Waals surface area contributed by atoms with Gasteiger partial charge < -0.3 is 9.88 Å². The standard InChI is InChI=1S/C24H31ClN5/c1-24(2,3)19-12-10-17(11-13-19)7-4-5-8-18-9-6-14-30(15-18)22-20-21(27-16-26-20)28-23(25)29-22/h5,10-13,16,18H,4,6-9,14-15H2,1-3H3,(H,26,27,28,29). The summed E-state index contributed by atoms with van der Waals surface area (Å²) in [6.07, 6.45) is 9.91. The molecule has 2 aromatic heterocycles. The minimum atomic E-state index is 0.215. The summed E-state index contributed by atoms with van der Waals surface area (Å²) in [4.78, 5) is 18.5. The third-order valence-electron chi connectivity index (χ3n) is 6.01. The topological polar surface area (TPSA) is 57.7 Å². The summed E-state index contributed by atoms with van der Waals surface area (Å²) >= 11 is 6.13. The number of hydrogen-bond acceptors (Lipinski definition) is 4. The second kappa shape index (κ2) is 8.93. The quantitative estimate of drug-likeness (QED) is 0.404. The number of rotatable bonds is 6. The first kappa shape index (κ1) is 21.1. The molecular weight excluding hydrogens is 394 g/mol. The Hall–Kier alpha value is -2.14. The lowest BCUT2D eigenvalue weighted by atomic mass is 9.86. The molecule has 159 valence electrons. The molecule has 1 atom stereocenters. The second-order valence-electron chi connectivity index (χ2n) is 9.38. The molecule has 6 heteroatoms. The number of unbranched alkanes of at least 4 members (excludes halogenated alkanes) is 1. The van der Waals surface area contributed by atoms with Gasteiger partial charge in [0.15, 0.2) is 17.0 Å². The molecule has 1 aliphatic heterocycles. The van der Waals surface area contributed by atoms with Crippen LogP contribution in [0.1, 0.15) is 57.6 Å². The van der Waals surface area contributed by atoms with Crippen molar-refractivity contribution in [2.24, 2.45) is 5.92 Å². The van der Waals surface area contributed by atoms with Crippen LogP contribution in [0.2, 0.25) is 5.28 Å². The van der Waals surface area contributed by atoms with E-state index in [1.165, 1.54) is 24.0 Å². The fourth-order valence-electron chi connectivity index (χ4n) is 4.26. The molecule has 3 heterocycles. The maximum Gasteiger partial charge on any atom is 0.226 e. The molecule has 0 amide bonds. The molecule has 3 aromatic rings. The Kier molecular flexibility index (Phi) is 6.28. The number of anilines is 1. The molecule has 1 fully saturated rings. The number of benzene rings is 1. The minimum absolute atomic E-state index is 0.215. The number of aromatic amines is 1. The number of nitrogens with zero attached hydrogens (tertiary/aromatic N) is 4. The van der Waals surface area contributed by atoms with E-state index in [-0.39, 0.29) is 10.7 Å². The predicted octanol–water partition coefficient (Wildman–Crippen LogP) is 5.75. The van der Waals surface area contributed by atoms with Crippen LogP contribution in [0.15, 0.2) is 30.6 Å². The third kappa shape index (κ3) is 4.94. The first-order valence-electron chi connectivity index (χ1n) is 10.9. The summed E-state index contributed by atoms with van der Waals surface area (Å²) in [6.45, 7) is 8.76. The van der Waals surface area contributed by atoms with Gasteiger partial charge in [-0.3, -0.25) is 0 Å². The zero-order valence-electron chi connectivity index (χ0n) is 18.2. The molecular formula is C24H31ClN5. The SMILES string of the molecule is CC(C)(C)c1ccc(CC[CH]CC2CCCN(c3nc(Cl)nc4[nH]cnc34)C2)cc1. The van der Waals surface area contributed by atoms with Crippen molar-refractivity contribution in [2.75, 3.05) is 18.0 Å². The molecule has 1 unspecified atom stereocenters. The molecule has 0 bridgehead atoms. The van der Waals surface area contributed by atoms with Crippen LogP contribution in [0.4, 0.5) is 5.82 Å². The van der Waals surface area contributed by atoms with Crippen LogP contribution >= 0.6 is 11.6 Å². The van der Waals surface area contributed by atoms with Gasteiger partial charge in [0.2, 0.25) is 5.28 Å². The van der Waals surface area contributed by atoms with Crippen LogP contribution in [-0.4, -0.2) is 33.0 Å². The van der Waals surface area contributed by atoms with E-state index in [4.69, 9.17) is 11.6 Å². The van der Waals surface area contributed by atoms with Gasteiger partial charge in [0, 0.05) is 13.1 Å². The van der Waals surface area contributed by atoms with E-state index in [0.29, 0.717) is 11.6 Å². The summed E-state index contributed by atoms with van der Waals surface area (Å²) in [5.74, 6) is 1.50. The molecule has 5 nitrogen and oxygen atoms in total. The molecule has 4 rings (SSSR count). The van der Waals surface area contributed by atoms with E-state index in [2.05, 4.69) is 76.3 Å². The fourth-order valence-corrected chi connectivity index (χ4v) is 4.42. The van der Waals surface area contributed by atoms with Gasteiger partial charge in [-0.1, -0.05) is 45.0 Å². The van der Waals surface area contributed by atoms with Crippen LogP contribution in [0.25, 0.3) is 11.2 Å². The van der Waals surface area contributed by atoms with Gasteiger partial charge in [0.25, 0.3) is 0 Å². The Labute approximate surface area is 184 Å². The van der Waals surface area contributed by atoms with Crippen LogP contribution in [0.3, 0.4) is 0 Å². The maximum absolute atomic E-state index is 6.13. The highest BCUT2D eigenvalue weighted by atomic mass is 35.5. The van der Waals surface area contributed by atoms with Crippen molar-refractivity contribution in [3.63, 3.8) is 0 Å². The van der Waals surface area contributed by atoms with Gasteiger partial charge in [0.05, 0.1) is 6.33 Å². The Bertz CT molecular complexity index is 973. The van der Waals surface area contributed by atoms with Crippen LogP contribution < -0.4 is 4.90 Å². The van der Waals surface area contributed by atoms with E-state index < -0.39 is 0 Å². The number of H-pyrrole nitrogens is 1. The monoisotopic (exact) mass is 424 g/mol. The Morgan fingerprint density at radius 3 is 2.77 bits per heavy atom. The highest BCUT2D eigenvalue weighted by molar-refractivity contribution is 6.28. The first-order valence-corrected chi connectivity index (χ1v) is 11.3. The number of nitrogens with one attached hydrogen (secondary N) is 1. The van der Waals surface area contributed by atoms with Crippen molar-refractivity contribution in [2.45, 2.75) is 58.3 Å². The fraction of sp³-hybridized carbons (Fsp3) is 0.500. The van der Waals surface area contributed by atoms with Crippen molar-refractivity contribution in [3.05, 3.63) is 53.4 Å². The molecule has 1 radical (unpaired) electrons. The van der Waals surface area contributed by atoms with Crippen molar-refractivity contribution < 1.29 is 0 Å². The molecule has 1 aliphatic rings. The highest BCUT2D eigenvalue weighted by Crippen LogP contribution is 2.29. The highest BCUT2D eigenvalue weighted by Gasteiger charge is 2.24. The number of imidazole rings is 1. The van der Waals surface area contributed by atoms with Crippen LogP contribution in [0, 0.1) is 12.3 Å². The number of halogens is 1. The molecule has 1 N–H and O–H groups in total. The molecule has 1 saturated heterocycles. The Morgan fingerprint density at radius 1 is 1.20 bits per heavy atom. The van der Waals surface area contributed by atoms with Gasteiger partial charge in [-0.25, -0.2) is 4.98 Å². The zero-order chi connectivity index (χ0) is 21.1. The lowest BCUT2D eigenvalue weighted by Crippen LogP contribution is -2.36. The summed E-state index contributed by atoms with van der Waals surface area (Å²) in [5.41, 5.74) is 4.54. The average molecular weight is 425 g/mol. The second-order valence-corrected chi connectivity index (χ2v) is 9.72. The number of aromatic nitrogens is 4. The zero-order valence-corrected chi connectivity index (χ0v) is 18.9. The molecule has 30 heavy (non-hydrogen) atoms. The van der Waals surface area contributed by atoms with E-state index in [1.54, 1.807) is 6.33 Å². The summed E-state index contributed by atoms with van der Waals surface area (Å²) < 4.78 is 0. The van der Waals surface area contributed by atoms with Crippen molar-refractivity contribution in [1.29, 1.82) is 0 Å². The van der Waals surface area contributed by atoms with Gasteiger partial charge in [-0.05, 0) is 72.6 Å². The van der Waals surface area contributed by atoms with Gasteiger partial charge in [-0.2, -0.15) is 9.97 Å². The predicted molar refractivity (Wildman–Crippen MR) is 124 cm³/mol. The number of fused-ring (bicyclic) bond motifs is 1. The number of piperidine rings is 1. The van der Waals surface area contributed by atoms with Crippen LogP contribution in [0.5, 0.6) is 0 Å². The number of aryl methyl sites for hydroxylation is 1. The van der Waals surface area contributed by atoms with E-state index in [9.17, 15) is 0 Å². The molecule has 1 aromatic carbocycles. The first-order chi connectivity index (χ1) is 14.4. The Balaban J connectivity index is 1.29.